The number of hydrogen-bond acceptors (Lipinski definition) is 7. The number of esters is 1. The number of carbonyl (C=O) groups is 2. The first-order chi connectivity index (χ1) is 22.4. The minimum absolute atomic E-state index is 0.0395. The average Bonchev–Trinajstić information content (AvgIpc) is 3.49. The molecule has 4 aliphatic rings. The second-order valence-corrected chi connectivity index (χ2v) is 18.5. The lowest BCUT2D eigenvalue weighted by molar-refractivity contribution is -0.170. The van der Waals surface area contributed by atoms with Gasteiger partial charge in [-0.15, -0.1) is 0 Å². The van der Waals surface area contributed by atoms with Crippen molar-refractivity contribution in [1.29, 1.82) is 0 Å². The molecule has 2 aliphatic carbocycles. The van der Waals surface area contributed by atoms with Crippen molar-refractivity contribution in [3.05, 3.63) is 47.5 Å². The molecule has 2 aliphatic heterocycles. The molecule has 1 saturated heterocycles. The van der Waals surface area contributed by atoms with Crippen molar-refractivity contribution in [3.63, 3.8) is 0 Å². The van der Waals surface area contributed by atoms with Gasteiger partial charge in [-0.1, -0.05) is 58.0 Å². The first kappa shape index (κ1) is 37.2. The predicted octanol–water partition coefficient (Wildman–Crippen LogP) is 7.26. The highest BCUT2D eigenvalue weighted by Gasteiger charge is 2.69. The zero-order chi connectivity index (χ0) is 35.3. The maximum atomic E-state index is 14.4. The van der Waals surface area contributed by atoms with E-state index in [-0.39, 0.29) is 53.3 Å². The second kappa shape index (κ2) is 13.6. The summed E-state index contributed by atoms with van der Waals surface area (Å²) in [6.45, 7) is 19.0. The standard InChI is InChI=1S/C39H59NO7S/c1-26(2)39-23-32(37(9,47-39)31(21-33(39)41)17-13-14-20-45-24-29-15-11-10-12-16-29)35(42)46-34-22-30-18-19-38(34,36(30,7)8)25-48(43,44)40(27(3)4)28(5)6/h10-12,15-16,21,26-28,30,32,34H,13-14,17-20,22-25H2,1-9H3/t30?,32-,34?,37-,38?,39+/m0/s1. The zero-order valence-electron chi connectivity index (χ0n) is 30.7. The minimum Gasteiger partial charge on any atom is -0.461 e. The number of ketones is 1. The fourth-order valence-corrected chi connectivity index (χ4v) is 12.6. The van der Waals surface area contributed by atoms with Gasteiger partial charge < -0.3 is 14.2 Å². The molecule has 5 rings (SSSR count). The molecule has 3 fully saturated rings. The summed E-state index contributed by atoms with van der Waals surface area (Å²) >= 11 is 0. The summed E-state index contributed by atoms with van der Waals surface area (Å²) in [6.07, 6.45) is 6.01. The molecule has 8 nitrogen and oxygen atoms in total. The number of rotatable bonds is 15. The zero-order valence-corrected chi connectivity index (χ0v) is 31.5. The van der Waals surface area contributed by atoms with Crippen LogP contribution in [0, 0.1) is 28.6 Å². The number of unbranched alkanes of at least 4 members (excludes halogenated alkanes) is 1. The van der Waals surface area contributed by atoms with Gasteiger partial charge in [-0.3, -0.25) is 9.59 Å². The molecule has 4 bridgehead atoms. The summed E-state index contributed by atoms with van der Waals surface area (Å²) < 4.78 is 48.9. The SMILES string of the molecule is CC(C)N(C(C)C)S(=O)(=O)CC12CCC(CC1OC(=O)[C@@H]1C[C@]3(C(C)C)O[C@@]1(C)C(CCCCOCc1ccccc1)=CC3=O)C2(C)C. The summed E-state index contributed by atoms with van der Waals surface area (Å²) in [5.41, 5.74) is -1.08. The molecule has 1 aromatic rings. The number of hydrogen-bond donors (Lipinski definition) is 0. The van der Waals surface area contributed by atoms with Crippen molar-refractivity contribution in [2.24, 2.45) is 28.6 Å². The molecule has 6 atom stereocenters. The fraction of sp³-hybridized carbons (Fsp3) is 0.744. The number of nitrogens with zero attached hydrogens (tertiary/aromatic N) is 1. The van der Waals surface area contributed by atoms with Crippen LogP contribution in [0.5, 0.6) is 0 Å². The Labute approximate surface area is 289 Å². The van der Waals surface area contributed by atoms with Gasteiger partial charge in [-0.25, -0.2) is 8.42 Å². The van der Waals surface area contributed by atoms with Crippen LogP contribution >= 0.6 is 0 Å². The molecule has 2 saturated carbocycles. The maximum Gasteiger partial charge on any atom is 0.312 e. The smallest absolute Gasteiger partial charge is 0.312 e. The quantitative estimate of drug-likeness (QED) is 0.142. The van der Waals surface area contributed by atoms with Crippen molar-refractivity contribution in [2.45, 2.75) is 143 Å². The molecule has 3 unspecified atom stereocenters. The van der Waals surface area contributed by atoms with Gasteiger partial charge in [-0.05, 0) is 108 Å². The summed E-state index contributed by atoms with van der Waals surface area (Å²) in [5, 5.41) is 0. The molecule has 2 heterocycles. The molecular formula is C39H59NO7S. The van der Waals surface area contributed by atoms with E-state index in [1.807, 2.05) is 78.8 Å². The summed E-state index contributed by atoms with van der Waals surface area (Å²) in [7, 11) is -3.65. The molecule has 1 aromatic carbocycles. The van der Waals surface area contributed by atoms with Crippen LogP contribution in [0.1, 0.15) is 113 Å². The van der Waals surface area contributed by atoms with Gasteiger partial charge in [0, 0.05) is 30.5 Å². The van der Waals surface area contributed by atoms with Gasteiger partial charge in [0.05, 0.1) is 18.3 Å². The van der Waals surface area contributed by atoms with E-state index in [2.05, 4.69) is 13.8 Å². The van der Waals surface area contributed by atoms with Crippen molar-refractivity contribution < 1.29 is 32.2 Å². The van der Waals surface area contributed by atoms with Crippen LogP contribution in [0.25, 0.3) is 0 Å². The highest BCUT2D eigenvalue weighted by atomic mass is 32.2. The first-order valence-corrected chi connectivity index (χ1v) is 19.8. The third kappa shape index (κ3) is 6.35. The van der Waals surface area contributed by atoms with Gasteiger partial charge >= 0.3 is 5.97 Å². The monoisotopic (exact) mass is 685 g/mol. The highest BCUT2D eigenvalue weighted by Crippen LogP contribution is 2.67. The molecule has 9 heteroatoms. The van der Waals surface area contributed by atoms with E-state index in [4.69, 9.17) is 14.2 Å². The van der Waals surface area contributed by atoms with E-state index in [0.717, 1.165) is 30.4 Å². The predicted molar refractivity (Wildman–Crippen MR) is 188 cm³/mol. The number of benzene rings is 1. The number of sulfonamides is 1. The van der Waals surface area contributed by atoms with E-state index in [9.17, 15) is 18.0 Å². The normalized spacial score (nSPS) is 32.6. The molecule has 0 aromatic heterocycles. The van der Waals surface area contributed by atoms with E-state index in [0.29, 0.717) is 32.5 Å². The molecule has 0 radical (unpaired) electrons. The molecule has 0 amide bonds. The van der Waals surface area contributed by atoms with Crippen molar-refractivity contribution in [1.82, 2.24) is 4.31 Å². The minimum atomic E-state index is -3.65. The van der Waals surface area contributed by atoms with Crippen LogP contribution in [-0.4, -0.2) is 66.2 Å². The number of fused-ring (bicyclic) bond motifs is 4. The first-order valence-electron chi connectivity index (χ1n) is 18.2. The van der Waals surface area contributed by atoms with Crippen molar-refractivity contribution >= 4 is 21.8 Å². The Balaban J connectivity index is 1.33. The molecule has 0 spiro atoms. The summed E-state index contributed by atoms with van der Waals surface area (Å²) in [4.78, 5) is 28.1. The molecule has 0 N–H and O–H groups in total. The van der Waals surface area contributed by atoms with Crippen LogP contribution in [0.2, 0.25) is 0 Å². The molecule has 48 heavy (non-hydrogen) atoms. The average molecular weight is 686 g/mol. The fourth-order valence-electron chi connectivity index (χ4n) is 9.77. The van der Waals surface area contributed by atoms with Crippen LogP contribution < -0.4 is 0 Å². The Morgan fingerprint density at radius 3 is 2.29 bits per heavy atom. The largest absolute Gasteiger partial charge is 0.461 e. The number of carbonyl (C=O) groups excluding carboxylic acids is 2. The van der Waals surface area contributed by atoms with E-state index >= 15 is 0 Å². The lowest BCUT2D eigenvalue weighted by Crippen LogP contribution is -2.52. The second-order valence-electron chi connectivity index (χ2n) is 16.6. The third-order valence-electron chi connectivity index (χ3n) is 12.6. The summed E-state index contributed by atoms with van der Waals surface area (Å²) in [5.74, 6) is -1.00. The van der Waals surface area contributed by atoms with E-state index < -0.39 is 38.7 Å². The van der Waals surface area contributed by atoms with Gasteiger partial charge in [0.25, 0.3) is 0 Å². The van der Waals surface area contributed by atoms with Crippen LogP contribution in [0.3, 0.4) is 0 Å². The topological polar surface area (TPSA) is 99.2 Å². The summed E-state index contributed by atoms with van der Waals surface area (Å²) in [6, 6.07) is 9.73. The third-order valence-corrected chi connectivity index (χ3v) is 15.0. The Morgan fingerprint density at radius 1 is 1.02 bits per heavy atom. The Morgan fingerprint density at radius 2 is 1.69 bits per heavy atom. The lowest BCUT2D eigenvalue weighted by Gasteiger charge is -2.44. The highest BCUT2D eigenvalue weighted by molar-refractivity contribution is 7.89. The Bertz CT molecular complexity index is 1480. The Hall–Kier alpha value is -2.07. The van der Waals surface area contributed by atoms with E-state index in [1.54, 1.807) is 10.4 Å². The van der Waals surface area contributed by atoms with Gasteiger partial charge in [0.2, 0.25) is 10.0 Å². The van der Waals surface area contributed by atoms with Crippen LogP contribution in [-0.2, 0) is 40.4 Å². The van der Waals surface area contributed by atoms with E-state index in [1.165, 1.54) is 0 Å². The molecule has 268 valence electrons. The van der Waals surface area contributed by atoms with Gasteiger partial charge in [0.15, 0.2) is 5.78 Å². The van der Waals surface area contributed by atoms with Crippen molar-refractivity contribution in [2.75, 3.05) is 12.4 Å². The van der Waals surface area contributed by atoms with Crippen LogP contribution in [0.4, 0.5) is 0 Å². The maximum absolute atomic E-state index is 14.4. The van der Waals surface area contributed by atoms with Gasteiger partial charge in [0.1, 0.15) is 17.3 Å². The van der Waals surface area contributed by atoms with Gasteiger partial charge in [-0.2, -0.15) is 4.31 Å². The van der Waals surface area contributed by atoms with Crippen LogP contribution in [0.15, 0.2) is 42.0 Å². The number of ether oxygens (including phenoxy) is 3. The molecular weight excluding hydrogens is 626 g/mol. The van der Waals surface area contributed by atoms with Crippen molar-refractivity contribution in [3.8, 4) is 0 Å². The Kier molecular flexibility index (Phi) is 10.5. The lowest BCUT2D eigenvalue weighted by atomic mass is 9.69.